The van der Waals surface area contributed by atoms with Gasteiger partial charge in [-0.05, 0) is 23.6 Å². The van der Waals surface area contributed by atoms with E-state index in [1.807, 2.05) is 18.8 Å². The fourth-order valence-corrected chi connectivity index (χ4v) is 2.89. The van der Waals surface area contributed by atoms with Crippen molar-refractivity contribution < 1.29 is 0 Å². The normalized spacial score (nSPS) is 13.5. The van der Waals surface area contributed by atoms with Crippen LogP contribution in [0.4, 0.5) is 0 Å². The van der Waals surface area contributed by atoms with Crippen molar-refractivity contribution in [1.82, 2.24) is 15.1 Å². The van der Waals surface area contributed by atoms with Crippen LogP contribution in [0.1, 0.15) is 43.6 Å². The van der Waals surface area contributed by atoms with E-state index in [2.05, 4.69) is 55.5 Å². The van der Waals surface area contributed by atoms with E-state index in [9.17, 15) is 0 Å². The molecule has 1 unspecified atom stereocenters. The summed E-state index contributed by atoms with van der Waals surface area (Å²) in [6.07, 6.45) is 1.70. The Bertz CT molecular complexity index is 577. The van der Waals surface area contributed by atoms with E-state index in [0.717, 1.165) is 5.69 Å². The number of halogens is 1. The number of aryl methyl sites for hydroxylation is 1. The Hall–Kier alpha value is -1.32. The van der Waals surface area contributed by atoms with Gasteiger partial charge in [-0.1, -0.05) is 56.6 Å². The van der Waals surface area contributed by atoms with Crippen LogP contribution in [-0.4, -0.2) is 16.8 Å². The Balaban J connectivity index is 2.60. The fraction of sp³-hybridized carbons (Fsp3) is 0.438. The Morgan fingerprint density at radius 3 is 2.40 bits per heavy atom. The highest BCUT2D eigenvalue weighted by Gasteiger charge is 2.26. The van der Waals surface area contributed by atoms with E-state index < -0.39 is 0 Å². The number of hydrogen-bond acceptors (Lipinski definition) is 2. The smallest absolute Gasteiger partial charge is 0.0837 e. The Labute approximate surface area is 126 Å². The largest absolute Gasteiger partial charge is 0.308 e. The third-order valence-corrected chi connectivity index (χ3v) is 3.87. The molecule has 0 aliphatic rings. The number of hydrogen-bond donors (Lipinski definition) is 1. The molecule has 0 radical (unpaired) electrons. The second kappa shape index (κ2) is 5.58. The first kappa shape index (κ1) is 15.1. The van der Waals surface area contributed by atoms with Crippen LogP contribution in [0.3, 0.4) is 0 Å². The molecule has 2 aromatic rings. The summed E-state index contributed by atoms with van der Waals surface area (Å²) in [5.74, 6) is 0. The van der Waals surface area contributed by atoms with Crippen molar-refractivity contribution in [3.05, 3.63) is 52.3 Å². The molecular weight excluding hydrogens is 270 g/mol. The molecule has 2 rings (SSSR count). The number of rotatable bonds is 3. The molecule has 0 aliphatic carbocycles. The molecule has 0 spiro atoms. The van der Waals surface area contributed by atoms with Gasteiger partial charge in [0.15, 0.2) is 0 Å². The van der Waals surface area contributed by atoms with E-state index in [0.29, 0.717) is 5.02 Å². The zero-order valence-corrected chi connectivity index (χ0v) is 13.5. The molecule has 1 aromatic carbocycles. The second-order valence-corrected chi connectivity index (χ2v) is 6.47. The van der Waals surface area contributed by atoms with E-state index in [1.54, 1.807) is 6.20 Å². The highest BCUT2D eigenvalue weighted by atomic mass is 35.5. The average molecular weight is 292 g/mol. The number of benzene rings is 1. The quantitative estimate of drug-likeness (QED) is 0.935. The molecular formula is C16H22ClN3. The molecule has 0 aliphatic heterocycles. The van der Waals surface area contributed by atoms with Crippen LogP contribution in [0.15, 0.2) is 30.5 Å². The predicted octanol–water partition coefficient (Wildman–Crippen LogP) is 3.68. The van der Waals surface area contributed by atoms with Crippen LogP contribution >= 0.6 is 11.6 Å². The Morgan fingerprint density at radius 2 is 1.90 bits per heavy atom. The summed E-state index contributed by atoms with van der Waals surface area (Å²) >= 11 is 6.31. The molecule has 0 amide bonds. The lowest BCUT2D eigenvalue weighted by molar-refractivity contribution is 0.552. The predicted molar refractivity (Wildman–Crippen MR) is 84.3 cm³/mol. The first-order valence-electron chi connectivity index (χ1n) is 6.80. The highest BCUT2D eigenvalue weighted by molar-refractivity contribution is 6.31. The monoisotopic (exact) mass is 291 g/mol. The van der Waals surface area contributed by atoms with Crippen LogP contribution in [0.25, 0.3) is 0 Å². The van der Waals surface area contributed by atoms with Crippen LogP contribution in [0, 0.1) is 0 Å². The van der Waals surface area contributed by atoms with Gasteiger partial charge in [0.25, 0.3) is 0 Å². The Morgan fingerprint density at radius 1 is 1.25 bits per heavy atom. The Kier molecular flexibility index (Phi) is 4.21. The average Bonchev–Trinajstić information content (AvgIpc) is 2.71. The van der Waals surface area contributed by atoms with E-state index >= 15 is 0 Å². The number of nitrogens with zero attached hydrogens (tertiary/aromatic N) is 2. The zero-order chi connectivity index (χ0) is 14.9. The van der Waals surface area contributed by atoms with E-state index in [1.165, 1.54) is 11.1 Å². The number of nitrogens with one attached hydrogen (secondary N) is 1. The van der Waals surface area contributed by atoms with Crippen molar-refractivity contribution in [1.29, 1.82) is 0 Å². The summed E-state index contributed by atoms with van der Waals surface area (Å²) < 4.78 is 1.84. The summed E-state index contributed by atoms with van der Waals surface area (Å²) in [7, 11) is 3.87. The first-order chi connectivity index (χ1) is 9.36. The molecule has 0 saturated carbocycles. The molecule has 108 valence electrons. The van der Waals surface area contributed by atoms with Crippen LogP contribution in [0.2, 0.25) is 5.02 Å². The summed E-state index contributed by atoms with van der Waals surface area (Å²) in [6.45, 7) is 6.68. The maximum atomic E-state index is 6.31. The molecule has 4 heteroatoms. The highest BCUT2D eigenvalue weighted by Crippen LogP contribution is 2.34. The molecule has 20 heavy (non-hydrogen) atoms. The third kappa shape index (κ3) is 2.74. The van der Waals surface area contributed by atoms with Gasteiger partial charge in [0.1, 0.15) is 0 Å². The molecule has 3 nitrogen and oxygen atoms in total. The zero-order valence-electron chi connectivity index (χ0n) is 12.7. The van der Waals surface area contributed by atoms with E-state index in [-0.39, 0.29) is 11.5 Å². The minimum Gasteiger partial charge on any atom is -0.308 e. The topological polar surface area (TPSA) is 29.9 Å². The summed E-state index contributed by atoms with van der Waals surface area (Å²) in [6, 6.07) is 8.53. The van der Waals surface area contributed by atoms with Crippen LogP contribution in [0.5, 0.6) is 0 Å². The van der Waals surface area contributed by atoms with Crippen molar-refractivity contribution in [2.45, 2.75) is 32.2 Å². The minimum atomic E-state index is 0.0328. The van der Waals surface area contributed by atoms with Crippen molar-refractivity contribution >= 4 is 11.6 Å². The summed E-state index contributed by atoms with van der Waals surface area (Å²) in [5, 5.41) is 8.31. The molecule has 1 aromatic heterocycles. The lowest BCUT2D eigenvalue weighted by atomic mass is 9.81. The molecule has 0 saturated heterocycles. The molecule has 1 atom stereocenters. The lowest BCUT2D eigenvalue weighted by Gasteiger charge is -2.27. The van der Waals surface area contributed by atoms with Gasteiger partial charge in [-0.2, -0.15) is 5.10 Å². The maximum Gasteiger partial charge on any atom is 0.0837 e. The van der Waals surface area contributed by atoms with Gasteiger partial charge in [-0.15, -0.1) is 0 Å². The van der Waals surface area contributed by atoms with Crippen LogP contribution < -0.4 is 5.32 Å². The van der Waals surface area contributed by atoms with Gasteiger partial charge in [0.2, 0.25) is 0 Å². The minimum absolute atomic E-state index is 0.0328. The van der Waals surface area contributed by atoms with Crippen molar-refractivity contribution in [3.63, 3.8) is 0 Å². The fourth-order valence-electron chi connectivity index (χ4n) is 2.62. The lowest BCUT2D eigenvalue weighted by Crippen LogP contribution is -2.25. The number of aromatic nitrogens is 2. The standard InChI is InChI=1S/C16H22ClN3/c1-16(2,3)12-9-7-6-8-11(12)14(18-4)15-13(17)10-19-20(15)5/h6-10,14,18H,1-5H3. The van der Waals surface area contributed by atoms with Gasteiger partial charge in [0, 0.05) is 7.05 Å². The van der Waals surface area contributed by atoms with E-state index in [4.69, 9.17) is 11.6 Å². The summed E-state index contributed by atoms with van der Waals surface area (Å²) in [5.41, 5.74) is 3.63. The van der Waals surface area contributed by atoms with Gasteiger partial charge in [-0.25, -0.2) is 0 Å². The first-order valence-corrected chi connectivity index (χ1v) is 7.18. The summed E-state index contributed by atoms with van der Waals surface area (Å²) in [4.78, 5) is 0. The maximum absolute atomic E-state index is 6.31. The van der Waals surface area contributed by atoms with Crippen molar-refractivity contribution in [2.75, 3.05) is 7.05 Å². The van der Waals surface area contributed by atoms with Gasteiger partial charge >= 0.3 is 0 Å². The van der Waals surface area contributed by atoms with Gasteiger partial charge in [-0.3, -0.25) is 4.68 Å². The van der Waals surface area contributed by atoms with Crippen molar-refractivity contribution in [3.8, 4) is 0 Å². The SMILES string of the molecule is CNC(c1ccccc1C(C)(C)C)c1c(Cl)cnn1C. The van der Waals surface area contributed by atoms with Crippen LogP contribution in [-0.2, 0) is 12.5 Å². The van der Waals surface area contributed by atoms with Gasteiger partial charge in [0.05, 0.1) is 23.0 Å². The third-order valence-electron chi connectivity index (χ3n) is 3.58. The van der Waals surface area contributed by atoms with Crippen molar-refractivity contribution in [2.24, 2.45) is 7.05 Å². The molecule has 1 N–H and O–H groups in total. The van der Waals surface area contributed by atoms with Gasteiger partial charge < -0.3 is 5.32 Å². The second-order valence-electron chi connectivity index (χ2n) is 6.06. The molecule has 0 fully saturated rings. The molecule has 1 heterocycles. The molecule has 0 bridgehead atoms.